The summed E-state index contributed by atoms with van der Waals surface area (Å²) >= 11 is 5.23. The Morgan fingerprint density at radius 1 is 1.00 bits per heavy atom. The maximum Gasteiger partial charge on any atom is 0.141 e. The van der Waals surface area contributed by atoms with E-state index in [1.807, 2.05) is 42.5 Å². The van der Waals surface area contributed by atoms with E-state index in [0.717, 1.165) is 21.2 Å². The summed E-state index contributed by atoms with van der Waals surface area (Å²) in [5.41, 5.74) is 6.88. The fourth-order valence-electron chi connectivity index (χ4n) is 1.92. The standard InChI is InChI=1S/C15H12BrN3S/c16-11-6-2-4-8-13(11)20-9-14-18-12-7-3-1-5-10(12)15(17)19-14/h1-8H,9H2,(H2,17,18,19). The Balaban J connectivity index is 1.86. The number of halogens is 1. The summed E-state index contributed by atoms with van der Waals surface area (Å²) < 4.78 is 1.08. The molecule has 20 heavy (non-hydrogen) atoms. The molecule has 0 aliphatic rings. The molecule has 0 unspecified atom stereocenters. The molecule has 100 valence electrons. The highest BCUT2D eigenvalue weighted by Gasteiger charge is 2.06. The minimum absolute atomic E-state index is 0.540. The van der Waals surface area contributed by atoms with Crippen LogP contribution in [0.4, 0.5) is 5.82 Å². The lowest BCUT2D eigenvalue weighted by molar-refractivity contribution is 1.07. The molecule has 0 bridgehead atoms. The van der Waals surface area contributed by atoms with E-state index < -0.39 is 0 Å². The fraction of sp³-hybridized carbons (Fsp3) is 0.0667. The summed E-state index contributed by atoms with van der Waals surface area (Å²) in [6.07, 6.45) is 0. The summed E-state index contributed by atoms with van der Waals surface area (Å²) in [7, 11) is 0. The smallest absolute Gasteiger partial charge is 0.141 e. The van der Waals surface area contributed by atoms with Crippen molar-refractivity contribution in [1.82, 2.24) is 9.97 Å². The first-order valence-corrected chi connectivity index (χ1v) is 7.90. The van der Waals surface area contributed by atoms with Crippen LogP contribution < -0.4 is 5.73 Å². The van der Waals surface area contributed by atoms with Gasteiger partial charge < -0.3 is 5.73 Å². The summed E-state index contributed by atoms with van der Waals surface area (Å²) in [5.74, 6) is 1.98. The second kappa shape index (κ2) is 5.81. The SMILES string of the molecule is Nc1nc(CSc2ccccc2Br)nc2ccccc12. The first-order valence-electron chi connectivity index (χ1n) is 6.12. The van der Waals surface area contributed by atoms with Crippen LogP contribution in [0.25, 0.3) is 10.9 Å². The van der Waals surface area contributed by atoms with Gasteiger partial charge in [-0.15, -0.1) is 11.8 Å². The zero-order valence-corrected chi connectivity index (χ0v) is 13.0. The molecule has 0 saturated carbocycles. The number of fused-ring (bicyclic) bond motifs is 1. The van der Waals surface area contributed by atoms with Crippen LogP contribution in [-0.4, -0.2) is 9.97 Å². The molecule has 0 spiro atoms. The van der Waals surface area contributed by atoms with Gasteiger partial charge in [0.15, 0.2) is 0 Å². The van der Waals surface area contributed by atoms with Gasteiger partial charge in [-0.25, -0.2) is 9.97 Å². The zero-order valence-electron chi connectivity index (χ0n) is 10.6. The average molecular weight is 346 g/mol. The third kappa shape index (κ3) is 2.78. The van der Waals surface area contributed by atoms with Crippen LogP contribution in [0.1, 0.15) is 5.82 Å². The summed E-state index contributed by atoms with van der Waals surface area (Å²) in [6.45, 7) is 0. The van der Waals surface area contributed by atoms with Gasteiger partial charge in [-0.05, 0) is 40.2 Å². The van der Waals surface area contributed by atoms with Crippen molar-refractivity contribution in [3.63, 3.8) is 0 Å². The molecule has 0 atom stereocenters. The molecule has 0 aliphatic heterocycles. The van der Waals surface area contributed by atoms with Crippen molar-refractivity contribution in [1.29, 1.82) is 0 Å². The third-order valence-corrected chi connectivity index (χ3v) is 4.90. The Labute approximate surface area is 129 Å². The maximum absolute atomic E-state index is 5.99. The lowest BCUT2D eigenvalue weighted by atomic mass is 10.2. The van der Waals surface area contributed by atoms with Gasteiger partial charge in [0.25, 0.3) is 0 Å². The molecule has 3 rings (SSSR count). The molecular formula is C15H12BrN3S. The minimum Gasteiger partial charge on any atom is -0.383 e. The number of aromatic nitrogens is 2. The first kappa shape index (κ1) is 13.4. The Hall–Kier alpha value is -1.59. The molecule has 1 aromatic heterocycles. The van der Waals surface area contributed by atoms with E-state index in [1.54, 1.807) is 11.8 Å². The normalized spacial score (nSPS) is 10.8. The largest absolute Gasteiger partial charge is 0.383 e. The molecule has 1 heterocycles. The Morgan fingerprint density at radius 2 is 1.75 bits per heavy atom. The summed E-state index contributed by atoms with van der Waals surface area (Å²) in [4.78, 5) is 10.1. The number of rotatable bonds is 3. The molecule has 0 saturated heterocycles. The number of anilines is 1. The van der Waals surface area contributed by atoms with Crippen LogP contribution in [0.2, 0.25) is 0 Å². The van der Waals surface area contributed by atoms with Gasteiger partial charge in [0.1, 0.15) is 11.6 Å². The summed E-state index contributed by atoms with van der Waals surface area (Å²) in [5, 5.41) is 0.905. The van der Waals surface area contributed by atoms with E-state index in [1.165, 1.54) is 4.90 Å². The molecule has 0 amide bonds. The van der Waals surface area contributed by atoms with Crippen LogP contribution in [0.3, 0.4) is 0 Å². The van der Waals surface area contributed by atoms with Gasteiger partial charge in [0.2, 0.25) is 0 Å². The molecule has 2 aromatic carbocycles. The number of nitrogens with zero attached hydrogens (tertiary/aromatic N) is 2. The number of para-hydroxylation sites is 1. The van der Waals surface area contributed by atoms with Crippen LogP contribution >= 0.6 is 27.7 Å². The van der Waals surface area contributed by atoms with E-state index in [2.05, 4.69) is 32.0 Å². The highest BCUT2D eigenvalue weighted by molar-refractivity contribution is 9.10. The van der Waals surface area contributed by atoms with E-state index >= 15 is 0 Å². The number of nitrogens with two attached hydrogens (primary N) is 1. The van der Waals surface area contributed by atoms with E-state index in [9.17, 15) is 0 Å². The van der Waals surface area contributed by atoms with Gasteiger partial charge in [0.05, 0.1) is 11.3 Å². The van der Waals surface area contributed by atoms with E-state index in [-0.39, 0.29) is 0 Å². The lowest BCUT2D eigenvalue weighted by Crippen LogP contribution is -1.99. The Kier molecular flexibility index (Phi) is 3.89. The van der Waals surface area contributed by atoms with Crippen molar-refractivity contribution in [2.45, 2.75) is 10.6 Å². The fourth-order valence-corrected chi connectivity index (χ4v) is 3.34. The van der Waals surface area contributed by atoms with Crippen molar-refractivity contribution >= 4 is 44.4 Å². The number of benzene rings is 2. The van der Waals surface area contributed by atoms with Gasteiger partial charge in [-0.3, -0.25) is 0 Å². The topological polar surface area (TPSA) is 51.8 Å². The van der Waals surface area contributed by atoms with Crippen molar-refractivity contribution < 1.29 is 0 Å². The Bertz CT molecular complexity index is 761. The average Bonchev–Trinajstić information content (AvgIpc) is 2.46. The number of nitrogen functional groups attached to an aromatic ring is 1. The van der Waals surface area contributed by atoms with Crippen LogP contribution in [0.15, 0.2) is 57.9 Å². The van der Waals surface area contributed by atoms with Crippen molar-refractivity contribution in [3.05, 3.63) is 58.8 Å². The maximum atomic E-state index is 5.99. The molecule has 3 nitrogen and oxygen atoms in total. The highest BCUT2D eigenvalue weighted by atomic mass is 79.9. The number of hydrogen-bond acceptors (Lipinski definition) is 4. The zero-order chi connectivity index (χ0) is 13.9. The predicted molar refractivity (Wildman–Crippen MR) is 87.7 cm³/mol. The first-order chi connectivity index (χ1) is 9.74. The van der Waals surface area contributed by atoms with Gasteiger partial charge in [-0.2, -0.15) is 0 Å². The minimum atomic E-state index is 0.540. The van der Waals surface area contributed by atoms with Crippen molar-refractivity contribution in [2.75, 3.05) is 5.73 Å². The molecule has 2 N–H and O–H groups in total. The summed E-state index contributed by atoms with van der Waals surface area (Å²) in [6, 6.07) is 15.9. The predicted octanol–water partition coefficient (Wildman–Crippen LogP) is 4.27. The molecule has 0 radical (unpaired) electrons. The van der Waals surface area contributed by atoms with E-state index in [4.69, 9.17) is 5.73 Å². The van der Waals surface area contributed by atoms with Gasteiger partial charge >= 0.3 is 0 Å². The van der Waals surface area contributed by atoms with E-state index in [0.29, 0.717) is 11.6 Å². The van der Waals surface area contributed by atoms with Gasteiger partial charge in [-0.1, -0.05) is 24.3 Å². The van der Waals surface area contributed by atoms with Gasteiger partial charge in [0, 0.05) is 14.8 Å². The second-order valence-corrected chi connectivity index (χ2v) is 6.13. The van der Waals surface area contributed by atoms with Crippen LogP contribution in [0, 0.1) is 0 Å². The number of thioether (sulfide) groups is 1. The van der Waals surface area contributed by atoms with Crippen molar-refractivity contribution in [2.24, 2.45) is 0 Å². The van der Waals surface area contributed by atoms with Crippen LogP contribution in [0.5, 0.6) is 0 Å². The quantitative estimate of drug-likeness (QED) is 0.720. The molecule has 3 aromatic rings. The third-order valence-electron chi connectivity index (χ3n) is 2.87. The molecule has 0 fully saturated rings. The second-order valence-electron chi connectivity index (χ2n) is 4.26. The monoisotopic (exact) mass is 345 g/mol. The highest BCUT2D eigenvalue weighted by Crippen LogP contribution is 2.29. The Morgan fingerprint density at radius 3 is 2.60 bits per heavy atom. The molecule has 5 heteroatoms. The number of hydrogen-bond donors (Lipinski definition) is 1. The molecular weight excluding hydrogens is 334 g/mol. The van der Waals surface area contributed by atoms with Crippen LogP contribution in [-0.2, 0) is 5.75 Å². The lowest BCUT2D eigenvalue weighted by Gasteiger charge is -2.06. The van der Waals surface area contributed by atoms with Crippen molar-refractivity contribution in [3.8, 4) is 0 Å². The molecule has 0 aliphatic carbocycles.